The molecule has 0 unspecified atom stereocenters. The Hall–Kier alpha value is -3.35. The molecule has 0 aliphatic heterocycles. The van der Waals surface area contributed by atoms with Crippen molar-refractivity contribution in [3.63, 3.8) is 0 Å². The van der Waals surface area contributed by atoms with Gasteiger partial charge in [-0.1, -0.05) is 6.07 Å². The van der Waals surface area contributed by atoms with E-state index >= 15 is 0 Å². The second-order valence-corrected chi connectivity index (χ2v) is 6.51. The summed E-state index contributed by atoms with van der Waals surface area (Å²) in [4.78, 5) is 35.6. The van der Waals surface area contributed by atoms with E-state index < -0.39 is 18.5 Å². The lowest BCUT2D eigenvalue weighted by atomic mass is 10.1. The lowest BCUT2D eigenvalue weighted by molar-refractivity contribution is -0.147. The van der Waals surface area contributed by atoms with Crippen molar-refractivity contribution in [1.29, 1.82) is 0 Å². The molecule has 0 aliphatic carbocycles. The Morgan fingerprint density at radius 3 is 2.14 bits per heavy atom. The number of benzene rings is 2. The van der Waals surface area contributed by atoms with Crippen LogP contribution in [0.2, 0.25) is 0 Å². The number of hydrogen-bond acceptors (Lipinski definition) is 5. The van der Waals surface area contributed by atoms with Gasteiger partial charge in [-0.3, -0.25) is 14.4 Å². The van der Waals surface area contributed by atoms with Gasteiger partial charge in [0.1, 0.15) is 5.75 Å². The lowest BCUT2D eigenvalue weighted by Gasteiger charge is -2.09. The van der Waals surface area contributed by atoms with E-state index in [2.05, 4.69) is 10.6 Å². The van der Waals surface area contributed by atoms with Crippen LogP contribution in [0.4, 0.5) is 11.4 Å². The molecule has 154 valence electrons. The zero-order chi connectivity index (χ0) is 21.2. The van der Waals surface area contributed by atoms with Crippen LogP contribution in [-0.4, -0.2) is 31.0 Å². The monoisotopic (exact) mass is 398 g/mol. The smallest absolute Gasteiger partial charge is 0.306 e. The van der Waals surface area contributed by atoms with Gasteiger partial charge >= 0.3 is 5.97 Å². The molecule has 0 saturated heterocycles. The average Bonchev–Trinajstić information content (AvgIpc) is 2.69. The van der Waals surface area contributed by atoms with E-state index in [0.717, 1.165) is 11.1 Å². The first-order valence-corrected chi connectivity index (χ1v) is 9.43. The fourth-order valence-electron chi connectivity index (χ4n) is 2.47. The molecule has 0 fully saturated rings. The van der Waals surface area contributed by atoms with Crippen molar-refractivity contribution in [3.8, 4) is 5.75 Å². The minimum absolute atomic E-state index is 0.0216. The maximum Gasteiger partial charge on any atom is 0.306 e. The SMILES string of the molecule is CCOc1ccc(NC(=O)COC(=O)CCC(=O)Nc2ccc(C)c(C)c2)cc1. The number of anilines is 2. The van der Waals surface area contributed by atoms with E-state index in [4.69, 9.17) is 9.47 Å². The van der Waals surface area contributed by atoms with Crippen LogP contribution in [0.15, 0.2) is 42.5 Å². The average molecular weight is 398 g/mol. The maximum atomic E-state index is 12.0. The zero-order valence-corrected chi connectivity index (χ0v) is 16.9. The number of amides is 2. The topological polar surface area (TPSA) is 93.7 Å². The van der Waals surface area contributed by atoms with E-state index in [1.165, 1.54) is 0 Å². The summed E-state index contributed by atoms with van der Waals surface area (Å²) in [6, 6.07) is 12.5. The van der Waals surface area contributed by atoms with Gasteiger partial charge in [-0.15, -0.1) is 0 Å². The number of aryl methyl sites for hydroxylation is 2. The van der Waals surface area contributed by atoms with Gasteiger partial charge in [-0.25, -0.2) is 0 Å². The third-order valence-electron chi connectivity index (χ3n) is 4.16. The van der Waals surface area contributed by atoms with Gasteiger partial charge in [0.05, 0.1) is 13.0 Å². The van der Waals surface area contributed by atoms with Gasteiger partial charge in [0.2, 0.25) is 5.91 Å². The Bertz CT molecular complexity index is 862. The molecule has 7 nitrogen and oxygen atoms in total. The van der Waals surface area contributed by atoms with Crippen LogP contribution in [0.25, 0.3) is 0 Å². The molecular formula is C22H26N2O5. The molecule has 7 heteroatoms. The Morgan fingerprint density at radius 2 is 1.48 bits per heavy atom. The van der Waals surface area contributed by atoms with Crippen LogP contribution in [0.3, 0.4) is 0 Å². The zero-order valence-electron chi connectivity index (χ0n) is 16.9. The van der Waals surface area contributed by atoms with Gasteiger partial charge < -0.3 is 20.1 Å². The second-order valence-electron chi connectivity index (χ2n) is 6.51. The quantitative estimate of drug-likeness (QED) is 0.630. The van der Waals surface area contributed by atoms with E-state index in [1.54, 1.807) is 24.3 Å². The van der Waals surface area contributed by atoms with Gasteiger partial charge in [0.25, 0.3) is 5.91 Å². The second kappa shape index (κ2) is 10.8. The number of carbonyl (C=O) groups excluding carboxylic acids is 3. The van der Waals surface area contributed by atoms with Crippen LogP contribution in [0.1, 0.15) is 30.9 Å². The minimum Gasteiger partial charge on any atom is -0.494 e. The molecule has 0 aromatic heterocycles. The van der Waals surface area contributed by atoms with E-state index in [-0.39, 0.29) is 18.7 Å². The van der Waals surface area contributed by atoms with Gasteiger partial charge in [-0.2, -0.15) is 0 Å². The van der Waals surface area contributed by atoms with Gasteiger partial charge in [-0.05, 0) is 68.3 Å². The number of hydrogen-bond donors (Lipinski definition) is 2. The van der Waals surface area contributed by atoms with Crippen LogP contribution in [-0.2, 0) is 19.1 Å². The molecule has 0 aliphatic rings. The largest absolute Gasteiger partial charge is 0.494 e. The minimum atomic E-state index is -0.609. The number of nitrogens with one attached hydrogen (secondary N) is 2. The number of ether oxygens (including phenoxy) is 2. The summed E-state index contributed by atoms with van der Waals surface area (Å²) in [5, 5.41) is 5.36. The normalized spacial score (nSPS) is 10.2. The Kier molecular flexibility index (Phi) is 8.21. The molecule has 29 heavy (non-hydrogen) atoms. The van der Waals surface area contributed by atoms with Gasteiger partial charge in [0, 0.05) is 17.8 Å². The highest BCUT2D eigenvalue weighted by Gasteiger charge is 2.11. The standard InChI is InChI=1S/C22H26N2O5/c1-4-28-19-9-7-17(8-10-19)23-21(26)14-29-22(27)12-11-20(25)24-18-6-5-15(2)16(3)13-18/h5-10,13H,4,11-12,14H2,1-3H3,(H,23,26)(H,24,25). The number of carbonyl (C=O) groups is 3. The summed E-state index contributed by atoms with van der Waals surface area (Å²) in [5.74, 6) is -0.649. The molecule has 2 rings (SSSR count). The Morgan fingerprint density at radius 1 is 0.828 bits per heavy atom. The fraction of sp³-hybridized carbons (Fsp3) is 0.318. The molecule has 0 spiro atoms. The summed E-state index contributed by atoms with van der Waals surface area (Å²) in [7, 11) is 0. The van der Waals surface area contributed by atoms with Crippen LogP contribution in [0, 0.1) is 13.8 Å². The highest BCUT2D eigenvalue weighted by atomic mass is 16.5. The summed E-state index contributed by atoms with van der Waals surface area (Å²) in [6.45, 7) is 5.98. The highest BCUT2D eigenvalue weighted by Crippen LogP contribution is 2.16. The van der Waals surface area contributed by atoms with Crippen molar-refractivity contribution in [3.05, 3.63) is 53.6 Å². The van der Waals surface area contributed by atoms with Crippen LogP contribution >= 0.6 is 0 Å². The first-order chi connectivity index (χ1) is 13.9. The van der Waals surface area contributed by atoms with Gasteiger partial charge in [0.15, 0.2) is 6.61 Å². The molecule has 2 aromatic rings. The summed E-state index contributed by atoms with van der Waals surface area (Å²) in [5.41, 5.74) is 3.46. The maximum absolute atomic E-state index is 12.0. The first-order valence-electron chi connectivity index (χ1n) is 9.43. The predicted octanol–water partition coefficient (Wildman–Crippen LogP) is 3.60. The lowest BCUT2D eigenvalue weighted by Crippen LogP contribution is -2.21. The predicted molar refractivity (Wildman–Crippen MR) is 111 cm³/mol. The molecular weight excluding hydrogens is 372 g/mol. The molecule has 0 radical (unpaired) electrons. The molecule has 2 aromatic carbocycles. The van der Waals surface area contributed by atoms with Crippen molar-refractivity contribution >= 4 is 29.2 Å². The third kappa shape index (κ3) is 7.65. The Balaban J connectivity index is 1.68. The first kappa shape index (κ1) is 21.9. The molecule has 0 heterocycles. The molecule has 0 atom stereocenters. The van der Waals surface area contributed by atoms with Crippen molar-refractivity contribution in [2.45, 2.75) is 33.6 Å². The third-order valence-corrected chi connectivity index (χ3v) is 4.16. The van der Waals surface area contributed by atoms with E-state index in [1.807, 2.05) is 39.0 Å². The van der Waals surface area contributed by atoms with E-state index in [9.17, 15) is 14.4 Å². The van der Waals surface area contributed by atoms with Crippen LogP contribution < -0.4 is 15.4 Å². The van der Waals surface area contributed by atoms with Crippen molar-refractivity contribution < 1.29 is 23.9 Å². The highest BCUT2D eigenvalue weighted by molar-refractivity contribution is 5.94. The summed E-state index contributed by atoms with van der Waals surface area (Å²) in [6.07, 6.45) is -0.126. The Labute approximate surface area is 170 Å². The number of esters is 1. The summed E-state index contributed by atoms with van der Waals surface area (Å²) < 4.78 is 10.2. The molecule has 2 N–H and O–H groups in total. The van der Waals surface area contributed by atoms with E-state index in [0.29, 0.717) is 23.7 Å². The molecule has 0 bridgehead atoms. The van der Waals surface area contributed by atoms with Crippen LogP contribution in [0.5, 0.6) is 5.75 Å². The fourth-order valence-corrected chi connectivity index (χ4v) is 2.47. The summed E-state index contributed by atoms with van der Waals surface area (Å²) >= 11 is 0. The van der Waals surface area contributed by atoms with Crippen molar-refractivity contribution in [2.24, 2.45) is 0 Å². The van der Waals surface area contributed by atoms with Crippen molar-refractivity contribution in [1.82, 2.24) is 0 Å². The molecule has 2 amide bonds. The van der Waals surface area contributed by atoms with Crippen molar-refractivity contribution in [2.75, 3.05) is 23.8 Å². The number of rotatable bonds is 9. The molecule has 0 saturated carbocycles.